The average molecular weight is 1320 g/mol. The van der Waals surface area contributed by atoms with Crippen molar-refractivity contribution < 1.29 is 46.9 Å². The molecule has 100 heavy (non-hydrogen) atoms. The Morgan fingerprint density at radius 1 is 0.350 bits per heavy atom. The molecule has 12 heteroatoms. The van der Waals surface area contributed by atoms with Crippen molar-refractivity contribution in [3.05, 3.63) is 277 Å². The van der Waals surface area contributed by atoms with E-state index >= 15 is 0 Å². The number of aromatic nitrogens is 4. The van der Waals surface area contributed by atoms with Crippen LogP contribution in [0.3, 0.4) is 0 Å². The van der Waals surface area contributed by atoms with Gasteiger partial charge in [0.25, 0.3) is 0 Å². The van der Waals surface area contributed by atoms with Crippen molar-refractivity contribution in [1.29, 1.82) is 5.26 Å². The highest BCUT2D eigenvalue weighted by Crippen LogP contribution is 2.44. The van der Waals surface area contributed by atoms with Gasteiger partial charge in [0.15, 0.2) is 34.2 Å². The highest BCUT2D eigenvalue weighted by molar-refractivity contribution is 6.15. The number of hydrogen-bond acceptors (Lipinski definition) is 5. The molecule has 0 spiro atoms. The van der Waals surface area contributed by atoms with Gasteiger partial charge >= 0.3 is 0 Å². The van der Waals surface area contributed by atoms with E-state index in [-0.39, 0.29) is 0 Å². The lowest BCUT2D eigenvalue weighted by atomic mass is 9.98. The van der Waals surface area contributed by atoms with Crippen molar-refractivity contribution >= 4 is 105 Å². The SMILES string of the molecule is [2H]c1c(C)c([2H])c(-c2c(C)ccc3c2oc2c([N+]#[C-])cccc23)[n+](C)c1C.[2H]c1c(C)c([2H])c(-c2c(C)ccc3c2oc2cc([N+]#[C-])ccc23)[n+](C)c1C.[2H]c1c(C)c([2H])c(-c2c(C)ccc3c2oc2ccc([N+]#[C-])cc23)[n+](C)c1C.[2H]c1c(C)c([2H])c(-c2c(C)ccc3c2oc2cccc(C#N)c23)[n+](C)c1C. The molecule has 16 rings (SSSR count). The van der Waals surface area contributed by atoms with E-state index in [1.807, 2.05) is 221 Å². The Kier molecular flexibility index (Phi) is 14.8. The maximum Gasteiger partial charge on any atom is 0.229 e. The molecule has 0 fully saturated rings. The molecule has 0 aliphatic rings. The summed E-state index contributed by atoms with van der Waals surface area (Å²) in [5, 5.41) is 16.8. The summed E-state index contributed by atoms with van der Waals surface area (Å²) in [6.45, 7) is 44.7. The standard InChI is InChI=1S/4C22H19N2O/c1-13-10-15(3)24(5)19(11-13)21-14(2)6-8-18-17-9-7-16(23-4)12-20(17)25-22(18)21;1-13-10-15(3)24(5)19(11-13)21-14(2)6-8-17-18-12-16(23-4)7-9-20(18)25-22(17)21;1-13-11-15(3)24(5)19(12-13)20-14(2)9-10-17-16-7-6-8-18(23-4)21(16)25-22(17)20;1-13-10-15(3)24(4)18(11-13)20-14(2)8-9-17-21-16(12-23)6-5-7-19(21)25-22(17)20/h3*6-12H,1-3,5H3;5-11H,1-4H3/q4*+1/i2*10D,11D;11D,12D;10D,11D. The van der Waals surface area contributed by atoms with Crippen molar-refractivity contribution in [2.45, 2.75) is 83.1 Å². The Balaban J connectivity index is 0.000000127. The molecular weight excluding hydrogens is 1230 g/mol. The zero-order chi connectivity index (χ0) is 77.8. The summed E-state index contributed by atoms with van der Waals surface area (Å²) in [4.78, 5) is 10.6. The van der Waals surface area contributed by atoms with E-state index in [4.69, 9.17) is 48.4 Å². The second-order valence-corrected chi connectivity index (χ2v) is 25.6. The van der Waals surface area contributed by atoms with Crippen molar-refractivity contribution in [2.75, 3.05) is 0 Å². The summed E-state index contributed by atoms with van der Waals surface area (Å²) >= 11 is 0. The first-order valence-corrected chi connectivity index (χ1v) is 32.6. The fourth-order valence-corrected chi connectivity index (χ4v) is 13.5. The van der Waals surface area contributed by atoms with Crippen LogP contribution in [-0.4, -0.2) is 0 Å². The Morgan fingerprint density at radius 3 is 1.18 bits per heavy atom. The number of para-hydroxylation sites is 1. The molecule has 0 aliphatic heterocycles. The highest BCUT2D eigenvalue weighted by Gasteiger charge is 2.28. The van der Waals surface area contributed by atoms with Gasteiger partial charge in [-0.3, -0.25) is 0 Å². The molecule has 0 atom stereocenters. The van der Waals surface area contributed by atoms with E-state index in [1.165, 1.54) is 0 Å². The molecule has 0 aliphatic carbocycles. The van der Waals surface area contributed by atoms with Crippen molar-refractivity contribution in [3.63, 3.8) is 0 Å². The highest BCUT2D eigenvalue weighted by atomic mass is 16.3. The van der Waals surface area contributed by atoms with E-state index in [1.54, 1.807) is 30.3 Å². The van der Waals surface area contributed by atoms with Crippen LogP contribution in [0, 0.1) is 114 Å². The van der Waals surface area contributed by atoms with E-state index < -0.39 is 0 Å². The van der Waals surface area contributed by atoms with Gasteiger partial charge in [-0.2, -0.15) is 23.5 Å². The minimum Gasteiger partial charge on any atom is -0.466 e. The Bertz CT molecular complexity index is 6520. The Morgan fingerprint density at radius 2 is 0.720 bits per heavy atom. The first kappa shape index (κ1) is 56.7. The van der Waals surface area contributed by atoms with Crippen LogP contribution < -0.4 is 18.3 Å². The largest absolute Gasteiger partial charge is 0.466 e. The summed E-state index contributed by atoms with van der Waals surface area (Å²) in [6, 6.07) is 43.2. The van der Waals surface area contributed by atoms with Gasteiger partial charge in [0, 0.05) is 119 Å². The van der Waals surface area contributed by atoms with Gasteiger partial charge in [-0.15, -0.1) is 0 Å². The third kappa shape index (κ3) is 11.6. The Hall–Kier alpha value is -12.5. The van der Waals surface area contributed by atoms with Gasteiger partial charge in [-0.05, 0) is 130 Å². The van der Waals surface area contributed by atoms with E-state index in [0.29, 0.717) is 132 Å². The normalized spacial score (nSPS) is 12.3. The van der Waals surface area contributed by atoms with Crippen LogP contribution in [0.1, 0.15) is 83.8 Å². The van der Waals surface area contributed by atoms with Crippen molar-refractivity contribution in [3.8, 4) is 51.1 Å². The predicted molar refractivity (Wildman–Crippen MR) is 402 cm³/mol. The average Bonchev–Trinajstić information content (AvgIpc) is 1.44. The molecule has 0 unspecified atom stereocenters. The van der Waals surface area contributed by atoms with Gasteiger partial charge in [0.1, 0.15) is 72.9 Å². The first-order valence-electron chi connectivity index (χ1n) is 36.6. The quantitative estimate of drug-likeness (QED) is 0.129. The van der Waals surface area contributed by atoms with Gasteiger partial charge in [-0.1, -0.05) is 91.0 Å². The molecule has 0 saturated carbocycles. The monoisotopic (exact) mass is 1320 g/mol. The second-order valence-electron chi connectivity index (χ2n) is 25.6. The van der Waals surface area contributed by atoms with Crippen LogP contribution in [0.15, 0.2) is 187 Å². The summed E-state index contributed by atoms with van der Waals surface area (Å²) in [6.07, 6.45) is 0. The molecule has 12 nitrogen and oxygen atoms in total. The zero-order valence-corrected chi connectivity index (χ0v) is 58.8. The van der Waals surface area contributed by atoms with Crippen LogP contribution in [0.2, 0.25) is 0 Å². The molecule has 0 amide bonds. The number of rotatable bonds is 4. The number of aryl methyl sites for hydroxylation is 4. The van der Waals surface area contributed by atoms with Gasteiger partial charge in [0.05, 0.1) is 64.6 Å². The summed E-state index contributed by atoms with van der Waals surface area (Å²) in [5.41, 5.74) is 23.8. The molecular formula is C88H76N8O4+4. The lowest BCUT2D eigenvalue weighted by Crippen LogP contribution is -2.35. The molecule has 0 bridgehead atoms. The number of nitrogens with zero attached hydrogens (tertiary/aromatic N) is 8. The van der Waals surface area contributed by atoms with Crippen LogP contribution in [-0.2, 0) is 28.2 Å². The van der Waals surface area contributed by atoms with Gasteiger partial charge < -0.3 is 17.7 Å². The molecule has 16 aromatic rings. The van der Waals surface area contributed by atoms with Gasteiger partial charge in [0.2, 0.25) is 28.5 Å². The minimum atomic E-state index is 0.324. The van der Waals surface area contributed by atoms with Crippen molar-refractivity contribution in [1.82, 2.24) is 0 Å². The third-order valence-corrected chi connectivity index (χ3v) is 18.9. The number of pyridine rings is 4. The lowest BCUT2D eigenvalue weighted by molar-refractivity contribution is -0.666. The van der Waals surface area contributed by atoms with Crippen LogP contribution >= 0.6 is 0 Å². The third-order valence-electron chi connectivity index (χ3n) is 18.9. The predicted octanol–water partition coefficient (Wildman–Crippen LogP) is 21.5. The maximum atomic E-state index is 9.50. The lowest BCUT2D eigenvalue weighted by Gasteiger charge is -2.08. The topological polar surface area (TPSA) is 105 Å². The van der Waals surface area contributed by atoms with Crippen molar-refractivity contribution in [2.24, 2.45) is 28.2 Å². The number of hydrogen-bond donors (Lipinski definition) is 0. The smallest absolute Gasteiger partial charge is 0.229 e. The molecule has 0 saturated heterocycles. The maximum absolute atomic E-state index is 9.50. The van der Waals surface area contributed by atoms with E-state index in [9.17, 15) is 5.26 Å². The fourth-order valence-electron chi connectivity index (χ4n) is 13.5. The van der Waals surface area contributed by atoms with Crippen LogP contribution in [0.5, 0.6) is 0 Å². The minimum absolute atomic E-state index is 0.324. The van der Waals surface area contributed by atoms with Gasteiger partial charge in [-0.25, -0.2) is 14.5 Å². The number of benzene rings is 8. The molecule has 0 N–H and O–H groups in total. The van der Waals surface area contributed by atoms with E-state index in [2.05, 4.69) is 20.6 Å². The second kappa shape index (κ2) is 26.2. The number of furan rings is 4. The Labute approximate surface area is 593 Å². The molecule has 488 valence electrons. The molecule has 8 aromatic heterocycles. The summed E-state index contributed by atoms with van der Waals surface area (Å²) in [5.74, 6) is 0. The summed E-state index contributed by atoms with van der Waals surface area (Å²) in [7, 11) is 7.53. The first-order chi connectivity index (χ1) is 51.4. The molecule has 8 heterocycles. The van der Waals surface area contributed by atoms with Crippen LogP contribution in [0.25, 0.3) is 147 Å². The zero-order valence-electron chi connectivity index (χ0n) is 66.8. The van der Waals surface area contributed by atoms with Crippen LogP contribution in [0.4, 0.5) is 17.1 Å². The number of fused-ring (bicyclic) bond motifs is 12. The summed E-state index contributed by atoms with van der Waals surface area (Å²) < 4.78 is 100.0. The molecule has 0 radical (unpaired) electrons. The number of nitriles is 1. The fraction of sp³-hybridized carbons (Fsp3) is 0.182. The van der Waals surface area contributed by atoms with E-state index in [0.717, 1.165) is 139 Å². The molecule has 8 aromatic carbocycles.